The van der Waals surface area contributed by atoms with Crippen LogP contribution >= 0.6 is 0 Å². The van der Waals surface area contributed by atoms with E-state index in [9.17, 15) is 4.79 Å². The van der Waals surface area contributed by atoms with Gasteiger partial charge in [0.1, 0.15) is 13.2 Å². The van der Waals surface area contributed by atoms with Gasteiger partial charge in [-0.2, -0.15) is 0 Å². The summed E-state index contributed by atoms with van der Waals surface area (Å²) in [5.74, 6) is 1.57. The van der Waals surface area contributed by atoms with Crippen LogP contribution in [0.3, 0.4) is 0 Å². The molecule has 1 aliphatic rings. The highest BCUT2D eigenvalue weighted by Crippen LogP contribution is 2.32. The number of carbonyl (C=O) groups excluding carboxylic acids is 1. The van der Waals surface area contributed by atoms with Crippen LogP contribution in [0.5, 0.6) is 11.5 Å². The van der Waals surface area contributed by atoms with E-state index in [-0.39, 0.29) is 17.9 Å². The van der Waals surface area contributed by atoms with E-state index in [1.165, 1.54) is 0 Å². The molecule has 2 rings (SSSR count). The minimum Gasteiger partial charge on any atom is -0.486 e. The van der Waals surface area contributed by atoms with Crippen molar-refractivity contribution < 1.29 is 14.3 Å². The molecule has 1 amide bonds. The topological polar surface area (TPSA) is 47.6 Å². The fourth-order valence-corrected chi connectivity index (χ4v) is 1.79. The summed E-state index contributed by atoms with van der Waals surface area (Å²) < 4.78 is 11.0. The van der Waals surface area contributed by atoms with Gasteiger partial charge in [0.15, 0.2) is 11.5 Å². The van der Waals surface area contributed by atoms with Crippen LogP contribution in [0.25, 0.3) is 0 Å². The van der Waals surface area contributed by atoms with Crippen LogP contribution in [-0.4, -0.2) is 19.1 Å². The van der Waals surface area contributed by atoms with Crippen molar-refractivity contribution in [1.82, 2.24) is 5.32 Å². The lowest BCUT2D eigenvalue weighted by atomic mass is 10.1. The number of fused-ring (bicyclic) bond motifs is 1. The molecule has 1 aromatic rings. The van der Waals surface area contributed by atoms with E-state index in [1.54, 1.807) is 0 Å². The Balaban J connectivity index is 2.11. The Morgan fingerprint density at radius 3 is 2.50 bits per heavy atom. The Labute approximate surface area is 107 Å². The van der Waals surface area contributed by atoms with Gasteiger partial charge in [-0.25, -0.2) is 0 Å². The number of nitrogens with one attached hydrogen (secondary N) is 1. The maximum atomic E-state index is 11.6. The molecule has 1 aromatic carbocycles. The van der Waals surface area contributed by atoms with Crippen molar-refractivity contribution in [3.05, 3.63) is 23.8 Å². The number of hydrogen-bond donors (Lipinski definition) is 1. The maximum Gasteiger partial charge on any atom is 0.223 e. The van der Waals surface area contributed by atoms with Gasteiger partial charge in [0.05, 0.1) is 6.04 Å². The molecule has 1 N–H and O–H groups in total. The van der Waals surface area contributed by atoms with Crippen LogP contribution in [0, 0.1) is 5.92 Å². The molecule has 0 saturated heterocycles. The Hall–Kier alpha value is -1.71. The second-order valence-electron chi connectivity index (χ2n) is 4.79. The first-order valence-electron chi connectivity index (χ1n) is 6.28. The molecule has 1 heterocycles. The number of amides is 1. The van der Waals surface area contributed by atoms with Gasteiger partial charge in [-0.05, 0) is 24.6 Å². The largest absolute Gasteiger partial charge is 0.486 e. The minimum atomic E-state index is -0.0317. The summed E-state index contributed by atoms with van der Waals surface area (Å²) in [7, 11) is 0. The lowest BCUT2D eigenvalue weighted by molar-refractivity contribution is -0.124. The highest BCUT2D eigenvalue weighted by atomic mass is 16.6. The molecule has 4 heteroatoms. The summed E-state index contributed by atoms with van der Waals surface area (Å²) in [4.78, 5) is 11.6. The zero-order valence-corrected chi connectivity index (χ0v) is 11.0. The standard InChI is InChI=1S/C14H19NO3/c1-9(2)14(16)15-10(3)11-4-5-12-13(8-11)18-7-6-17-12/h4-5,8-10H,6-7H2,1-3H3,(H,15,16)/t10-/m1/s1. The van der Waals surface area contributed by atoms with Gasteiger partial charge in [-0.15, -0.1) is 0 Å². The van der Waals surface area contributed by atoms with Gasteiger partial charge >= 0.3 is 0 Å². The smallest absolute Gasteiger partial charge is 0.223 e. The third kappa shape index (κ3) is 2.75. The lowest BCUT2D eigenvalue weighted by Gasteiger charge is -2.21. The SMILES string of the molecule is CC(C)C(=O)N[C@H](C)c1ccc2c(c1)OCCO2. The molecule has 0 unspecified atom stereocenters. The van der Waals surface area contributed by atoms with Gasteiger partial charge < -0.3 is 14.8 Å². The van der Waals surface area contributed by atoms with E-state index < -0.39 is 0 Å². The Kier molecular flexibility index (Phi) is 3.75. The molecule has 98 valence electrons. The van der Waals surface area contributed by atoms with Crippen molar-refractivity contribution >= 4 is 5.91 Å². The van der Waals surface area contributed by atoms with E-state index in [4.69, 9.17) is 9.47 Å². The number of ether oxygens (including phenoxy) is 2. The van der Waals surface area contributed by atoms with E-state index >= 15 is 0 Å². The Morgan fingerprint density at radius 2 is 1.83 bits per heavy atom. The highest BCUT2D eigenvalue weighted by molar-refractivity contribution is 5.78. The molecule has 0 aliphatic carbocycles. The van der Waals surface area contributed by atoms with Crippen LogP contribution < -0.4 is 14.8 Å². The summed E-state index contributed by atoms with van der Waals surface area (Å²) >= 11 is 0. The van der Waals surface area contributed by atoms with Gasteiger partial charge in [-0.3, -0.25) is 4.79 Å². The molecular formula is C14H19NO3. The zero-order chi connectivity index (χ0) is 13.1. The summed E-state index contributed by atoms with van der Waals surface area (Å²) in [5, 5.41) is 2.97. The van der Waals surface area contributed by atoms with Crippen molar-refractivity contribution in [2.24, 2.45) is 5.92 Å². The normalized spacial score (nSPS) is 15.3. The molecule has 4 nitrogen and oxygen atoms in total. The molecule has 0 fully saturated rings. The van der Waals surface area contributed by atoms with E-state index in [1.807, 2.05) is 39.0 Å². The van der Waals surface area contributed by atoms with Crippen LogP contribution in [-0.2, 0) is 4.79 Å². The molecule has 18 heavy (non-hydrogen) atoms. The molecule has 0 aromatic heterocycles. The second-order valence-corrected chi connectivity index (χ2v) is 4.79. The fraction of sp³-hybridized carbons (Fsp3) is 0.500. The molecule has 0 saturated carbocycles. The lowest BCUT2D eigenvalue weighted by Crippen LogP contribution is -2.30. The Bertz CT molecular complexity index is 443. The predicted molar refractivity (Wildman–Crippen MR) is 68.8 cm³/mol. The van der Waals surface area contributed by atoms with E-state index in [2.05, 4.69) is 5.32 Å². The molecule has 1 aliphatic heterocycles. The summed E-state index contributed by atoms with van der Waals surface area (Å²) in [6.07, 6.45) is 0. The molecule has 0 radical (unpaired) electrons. The zero-order valence-electron chi connectivity index (χ0n) is 11.0. The molecule has 1 atom stereocenters. The predicted octanol–water partition coefficient (Wildman–Crippen LogP) is 2.29. The average molecular weight is 249 g/mol. The van der Waals surface area contributed by atoms with Crippen LogP contribution in [0.2, 0.25) is 0 Å². The van der Waals surface area contributed by atoms with Crippen molar-refractivity contribution in [2.45, 2.75) is 26.8 Å². The number of carbonyl (C=O) groups is 1. The minimum absolute atomic E-state index is 0.00957. The van der Waals surface area contributed by atoms with Crippen LogP contribution in [0.4, 0.5) is 0 Å². The van der Waals surface area contributed by atoms with Crippen molar-refractivity contribution in [1.29, 1.82) is 0 Å². The third-order valence-corrected chi connectivity index (χ3v) is 2.95. The van der Waals surface area contributed by atoms with Gasteiger partial charge in [0, 0.05) is 5.92 Å². The maximum absolute atomic E-state index is 11.6. The monoisotopic (exact) mass is 249 g/mol. The van der Waals surface area contributed by atoms with Crippen molar-refractivity contribution in [2.75, 3.05) is 13.2 Å². The van der Waals surface area contributed by atoms with Crippen LogP contribution in [0.15, 0.2) is 18.2 Å². The van der Waals surface area contributed by atoms with Gasteiger partial charge in [-0.1, -0.05) is 19.9 Å². The number of hydrogen-bond acceptors (Lipinski definition) is 3. The molecule has 0 bridgehead atoms. The second kappa shape index (κ2) is 5.29. The van der Waals surface area contributed by atoms with Crippen molar-refractivity contribution in [3.8, 4) is 11.5 Å². The van der Waals surface area contributed by atoms with Crippen LogP contribution in [0.1, 0.15) is 32.4 Å². The quantitative estimate of drug-likeness (QED) is 0.894. The highest BCUT2D eigenvalue weighted by Gasteiger charge is 2.16. The van der Waals surface area contributed by atoms with Gasteiger partial charge in [0.25, 0.3) is 0 Å². The number of benzene rings is 1. The number of rotatable bonds is 3. The van der Waals surface area contributed by atoms with Crippen molar-refractivity contribution in [3.63, 3.8) is 0 Å². The first-order valence-corrected chi connectivity index (χ1v) is 6.28. The Morgan fingerprint density at radius 1 is 1.17 bits per heavy atom. The molecule has 0 spiro atoms. The van der Waals surface area contributed by atoms with E-state index in [0.717, 1.165) is 17.1 Å². The molecular weight excluding hydrogens is 230 g/mol. The van der Waals surface area contributed by atoms with Gasteiger partial charge in [0.2, 0.25) is 5.91 Å². The first-order chi connectivity index (χ1) is 8.58. The average Bonchev–Trinajstić information content (AvgIpc) is 2.37. The first kappa shape index (κ1) is 12.7. The fourth-order valence-electron chi connectivity index (χ4n) is 1.79. The summed E-state index contributed by atoms with van der Waals surface area (Å²) in [6.45, 7) is 6.89. The van der Waals surface area contributed by atoms with E-state index in [0.29, 0.717) is 13.2 Å². The summed E-state index contributed by atoms with van der Waals surface area (Å²) in [5.41, 5.74) is 1.02. The third-order valence-electron chi connectivity index (χ3n) is 2.95. The summed E-state index contributed by atoms with van der Waals surface area (Å²) in [6, 6.07) is 5.75.